The fraction of sp³-hybridized carbons (Fsp3) is 0.333. The van der Waals surface area contributed by atoms with Crippen LogP contribution in [0.15, 0.2) is 22.7 Å². The summed E-state index contributed by atoms with van der Waals surface area (Å²) >= 11 is 3.13. The molecule has 0 aliphatic rings. The van der Waals surface area contributed by atoms with E-state index in [1.807, 2.05) is 0 Å². The van der Waals surface area contributed by atoms with Gasteiger partial charge in [0.25, 0.3) is 0 Å². The number of nitrogens with one attached hydrogen (secondary N) is 1. The number of hydrogen-bond donors (Lipinski definition) is 2. The van der Waals surface area contributed by atoms with Crippen molar-refractivity contribution < 1.29 is 32.6 Å². The summed E-state index contributed by atoms with van der Waals surface area (Å²) in [5, 5.41) is 11.2. The van der Waals surface area contributed by atoms with E-state index in [4.69, 9.17) is 5.11 Å². The number of benzene rings is 1. The lowest BCUT2D eigenvalue weighted by Gasteiger charge is -2.09. The molecular formula is C12H11BrF3NO4. The number of hydrogen-bond acceptors (Lipinski definition) is 3. The van der Waals surface area contributed by atoms with Crippen LogP contribution < -0.4 is 5.32 Å². The van der Waals surface area contributed by atoms with Gasteiger partial charge in [-0.3, -0.25) is 4.79 Å². The maximum absolute atomic E-state index is 11.8. The minimum Gasteiger partial charge on any atom is -0.478 e. The third-order valence-electron chi connectivity index (χ3n) is 2.23. The topological polar surface area (TPSA) is 75.6 Å². The lowest BCUT2D eigenvalue weighted by Crippen LogP contribution is -2.20. The first-order chi connectivity index (χ1) is 9.69. The Kier molecular flexibility index (Phi) is 6.16. The highest BCUT2D eigenvalue weighted by Crippen LogP contribution is 2.24. The number of alkyl halides is 3. The zero-order valence-electron chi connectivity index (χ0n) is 10.5. The Morgan fingerprint density at radius 3 is 2.57 bits per heavy atom. The van der Waals surface area contributed by atoms with Crippen molar-refractivity contribution in [1.29, 1.82) is 0 Å². The molecule has 0 heterocycles. The third-order valence-corrected chi connectivity index (χ3v) is 2.92. The van der Waals surface area contributed by atoms with Crippen molar-refractivity contribution in [2.75, 3.05) is 18.5 Å². The minimum absolute atomic E-state index is 0.0261. The summed E-state index contributed by atoms with van der Waals surface area (Å²) in [6, 6.07) is 4.02. The van der Waals surface area contributed by atoms with Gasteiger partial charge in [-0.1, -0.05) is 0 Å². The Hall–Kier alpha value is -1.61. The van der Waals surface area contributed by atoms with E-state index in [-0.39, 0.29) is 24.3 Å². The van der Waals surface area contributed by atoms with E-state index in [1.165, 1.54) is 18.2 Å². The Bertz CT molecular complexity index is 534. The fourth-order valence-electron chi connectivity index (χ4n) is 1.32. The van der Waals surface area contributed by atoms with Gasteiger partial charge in [0.15, 0.2) is 0 Å². The van der Waals surface area contributed by atoms with Crippen LogP contribution in [-0.4, -0.2) is 36.4 Å². The van der Waals surface area contributed by atoms with Gasteiger partial charge in [-0.05, 0) is 34.1 Å². The summed E-state index contributed by atoms with van der Waals surface area (Å²) < 4.78 is 40.2. The highest BCUT2D eigenvalue weighted by Gasteiger charge is 2.27. The smallest absolute Gasteiger partial charge is 0.411 e. The van der Waals surface area contributed by atoms with Crippen LogP contribution in [0.2, 0.25) is 0 Å². The van der Waals surface area contributed by atoms with Crippen LogP contribution >= 0.6 is 15.9 Å². The van der Waals surface area contributed by atoms with Gasteiger partial charge >= 0.3 is 12.1 Å². The number of carbonyl (C=O) groups is 2. The molecular weight excluding hydrogens is 359 g/mol. The molecule has 1 aromatic rings. The molecule has 0 aliphatic heterocycles. The molecule has 0 atom stereocenters. The number of halogens is 4. The highest BCUT2D eigenvalue weighted by atomic mass is 79.9. The summed E-state index contributed by atoms with van der Waals surface area (Å²) in [7, 11) is 0. The molecule has 0 saturated carbocycles. The van der Waals surface area contributed by atoms with Crippen molar-refractivity contribution >= 4 is 33.5 Å². The van der Waals surface area contributed by atoms with E-state index < -0.39 is 24.7 Å². The third kappa shape index (κ3) is 6.58. The van der Waals surface area contributed by atoms with Crippen LogP contribution in [0.4, 0.5) is 18.9 Å². The molecule has 1 rings (SSSR count). The molecule has 1 amide bonds. The molecule has 21 heavy (non-hydrogen) atoms. The number of aromatic carboxylic acids is 1. The SMILES string of the molecule is O=C(CCOCC(F)(F)F)Nc1cc(C(=O)O)ccc1Br. The number of carboxylic acids is 1. The Morgan fingerprint density at radius 1 is 1.33 bits per heavy atom. The molecule has 0 spiro atoms. The van der Waals surface area contributed by atoms with Gasteiger partial charge < -0.3 is 15.2 Å². The summed E-state index contributed by atoms with van der Waals surface area (Å²) in [5.41, 5.74) is 0.192. The van der Waals surface area contributed by atoms with E-state index >= 15 is 0 Å². The van der Waals surface area contributed by atoms with Gasteiger partial charge in [0.1, 0.15) is 6.61 Å². The number of ether oxygens (including phenoxy) is 1. The normalized spacial score (nSPS) is 11.2. The molecule has 0 aromatic heterocycles. The molecule has 0 fully saturated rings. The largest absolute Gasteiger partial charge is 0.478 e. The first-order valence-corrected chi connectivity index (χ1v) is 6.45. The first-order valence-electron chi connectivity index (χ1n) is 5.66. The molecule has 1 aromatic carbocycles. The van der Waals surface area contributed by atoms with E-state index in [2.05, 4.69) is 26.0 Å². The molecule has 0 radical (unpaired) electrons. The van der Waals surface area contributed by atoms with Gasteiger partial charge in [-0.2, -0.15) is 13.2 Å². The molecule has 0 aliphatic carbocycles. The first kappa shape index (κ1) is 17.4. The standard InChI is InChI=1S/C12H11BrF3NO4/c13-8-2-1-7(11(19)20)5-9(8)17-10(18)3-4-21-6-12(14,15)16/h1-2,5H,3-4,6H2,(H,17,18)(H,19,20). The van der Waals surface area contributed by atoms with Gasteiger partial charge in [-0.25, -0.2) is 4.79 Å². The average Bonchev–Trinajstić information content (AvgIpc) is 2.36. The monoisotopic (exact) mass is 369 g/mol. The van der Waals surface area contributed by atoms with Crippen molar-refractivity contribution in [3.8, 4) is 0 Å². The van der Waals surface area contributed by atoms with Crippen molar-refractivity contribution in [2.24, 2.45) is 0 Å². The molecule has 0 saturated heterocycles. The van der Waals surface area contributed by atoms with Gasteiger partial charge in [-0.15, -0.1) is 0 Å². The van der Waals surface area contributed by atoms with Crippen molar-refractivity contribution in [2.45, 2.75) is 12.6 Å². The quantitative estimate of drug-likeness (QED) is 0.755. The zero-order chi connectivity index (χ0) is 16.0. The summed E-state index contributed by atoms with van der Waals surface area (Å²) in [4.78, 5) is 22.3. The highest BCUT2D eigenvalue weighted by molar-refractivity contribution is 9.10. The van der Waals surface area contributed by atoms with Crippen LogP contribution in [0, 0.1) is 0 Å². The second-order valence-electron chi connectivity index (χ2n) is 3.97. The van der Waals surface area contributed by atoms with Gasteiger partial charge in [0, 0.05) is 4.47 Å². The number of carboxylic acid groups (broad SMARTS) is 1. The maximum atomic E-state index is 11.8. The van der Waals surface area contributed by atoms with Crippen LogP contribution in [0.1, 0.15) is 16.8 Å². The number of amides is 1. The molecule has 5 nitrogen and oxygen atoms in total. The van der Waals surface area contributed by atoms with Crippen LogP contribution in [0.5, 0.6) is 0 Å². The van der Waals surface area contributed by atoms with E-state index in [1.54, 1.807) is 0 Å². The second-order valence-corrected chi connectivity index (χ2v) is 4.82. The Labute approximate surface area is 126 Å². The zero-order valence-corrected chi connectivity index (χ0v) is 12.1. The number of rotatable bonds is 6. The number of carbonyl (C=O) groups excluding carboxylic acids is 1. The summed E-state index contributed by atoms with van der Waals surface area (Å²) in [6.45, 7) is -1.81. The second kappa shape index (κ2) is 7.41. The lowest BCUT2D eigenvalue weighted by molar-refractivity contribution is -0.174. The Morgan fingerprint density at radius 2 is 2.00 bits per heavy atom. The van der Waals surface area contributed by atoms with Crippen LogP contribution in [0.25, 0.3) is 0 Å². The molecule has 0 unspecified atom stereocenters. The average molecular weight is 370 g/mol. The number of anilines is 1. The summed E-state index contributed by atoms with van der Waals surface area (Å²) in [6.07, 6.45) is -4.71. The fourth-order valence-corrected chi connectivity index (χ4v) is 1.67. The van der Waals surface area contributed by atoms with E-state index in [0.29, 0.717) is 4.47 Å². The molecule has 2 N–H and O–H groups in total. The molecule has 0 bridgehead atoms. The lowest BCUT2D eigenvalue weighted by atomic mass is 10.2. The van der Waals surface area contributed by atoms with Crippen LogP contribution in [-0.2, 0) is 9.53 Å². The van der Waals surface area contributed by atoms with Crippen molar-refractivity contribution in [3.05, 3.63) is 28.2 Å². The molecule has 9 heteroatoms. The van der Waals surface area contributed by atoms with Crippen LogP contribution in [0.3, 0.4) is 0 Å². The predicted octanol–water partition coefficient (Wildman–Crippen LogP) is 3.05. The summed E-state index contributed by atoms with van der Waals surface area (Å²) in [5.74, 6) is -1.74. The van der Waals surface area contributed by atoms with Gasteiger partial charge in [0.2, 0.25) is 5.91 Å². The molecule has 116 valence electrons. The minimum atomic E-state index is -4.44. The predicted molar refractivity (Wildman–Crippen MR) is 71.2 cm³/mol. The van der Waals surface area contributed by atoms with Gasteiger partial charge in [0.05, 0.1) is 24.3 Å². The van der Waals surface area contributed by atoms with Crippen molar-refractivity contribution in [1.82, 2.24) is 0 Å². The maximum Gasteiger partial charge on any atom is 0.411 e. The van der Waals surface area contributed by atoms with E-state index in [0.717, 1.165) is 0 Å². The van der Waals surface area contributed by atoms with E-state index in [9.17, 15) is 22.8 Å². The Balaban J connectivity index is 2.51. The van der Waals surface area contributed by atoms with Crippen molar-refractivity contribution in [3.63, 3.8) is 0 Å².